The summed E-state index contributed by atoms with van der Waals surface area (Å²) in [7, 11) is 4.18. The van der Waals surface area contributed by atoms with Crippen LogP contribution in [0.2, 0.25) is 0 Å². The van der Waals surface area contributed by atoms with Gasteiger partial charge in [-0.3, -0.25) is 9.59 Å². The van der Waals surface area contributed by atoms with E-state index in [1.807, 2.05) is 4.90 Å². The van der Waals surface area contributed by atoms with Crippen LogP contribution in [0.5, 0.6) is 0 Å². The number of nitrogens with zero attached hydrogens (tertiary/aromatic N) is 2. The highest BCUT2D eigenvalue weighted by Gasteiger charge is 2.30. The van der Waals surface area contributed by atoms with Gasteiger partial charge in [0, 0.05) is 19.0 Å². The maximum atomic E-state index is 13.9. The predicted octanol–water partition coefficient (Wildman–Crippen LogP) is 11.7. The topological polar surface area (TPSA) is 52.7 Å². The molecule has 1 unspecified atom stereocenters. The van der Waals surface area contributed by atoms with Gasteiger partial charge in [0.25, 0.3) is 0 Å². The molecule has 0 radical (unpaired) electrons. The lowest BCUT2D eigenvalue weighted by Gasteiger charge is -2.33. The lowest BCUT2D eigenvalue weighted by molar-refractivity contribution is -0.141. The third kappa shape index (κ3) is 25.4. The molecule has 2 amide bonds. The first-order valence-electron chi connectivity index (χ1n) is 21.0. The molecular weight excluding hydrogens is 590 g/mol. The van der Waals surface area contributed by atoms with Gasteiger partial charge in [-0.1, -0.05) is 154 Å². The summed E-state index contributed by atoms with van der Waals surface area (Å²) < 4.78 is 0. The van der Waals surface area contributed by atoms with Crippen molar-refractivity contribution in [1.82, 2.24) is 15.1 Å². The first kappa shape index (κ1) is 44.4. The third-order valence-corrected chi connectivity index (χ3v) is 10.1. The van der Waals surface area contributed by atoms with E-state index in [0.717, 1.165) is 70.8 Å². The Morgan fingerprint density at radius 2 is 1.15 bits per heavy atom. The molecule has 0 aliphatic heterocycles. The summed E-state index contributed by atoms with van der Waals surface area (Å²) in [5.41, 5.74) is 0. The Hall–Kier alpha value is -1.62. The van der Waals surface area contributed by atoms with Gasteiger partial charge in [-0.05, 0) is 84.8 Å². The summed E-state index contributed by atoms with van der Waals surface area (Å²) in [6, 6.07) is -0.0587. The van der Waals surface area contributed by atoms with Crippen LogP contribution in [0.15, 0.2) is 24.3 Å². The molecule has 0 aromatic heterocycles. The molecule has 0 heterocycles. The van der Waals surface area contributed by atoms with Crippen molar-refractivity contribution in [3.63, 3.8) is 0 Å². The van der Waals surface area contributed by atoms with Crippen LogP contribution in [0.1, 0.15) is 200 Å². The second kappa shape index (κ2) is 32.6. The highest BCUT2D eigenvalue weighted by atomic mass is 16.2. The molecule has 1 atom stereocenters. The number of carbonyl (C=O) groups excluding carboxylic acids is 2. The number of unbranched alkanes of at least 4 members (excludes halogenated alkanes) is 16. The molecule has 0 aromatic carbocycles. The zero-order valence-corrected chi connectivity index (χ0v) is 32.6. The Balaban J connectivity index is 2.62. The van der Waals surface area contributed by atoms with Crippen molar-refractivity contribution in [3.05, 3.63) is 24.3 Å². The number of rotatable bonds is 31. The number of amides is 2. The Bertz CT molecular complexity index is 800. The van der Waals surface area contributed by atoms with E-state index in [1.165, 1.54) is 116 Å². The summed E-state index contributed by atoms with van der Waals surface area (Å²) in [6.07, 6.45) is 43.1. The van der Waals surface area contributed by atoms with E-state index in [-0.39, 0.29) is 23.9 Å². The molecule has 1 N–H and O–H groups in total. The zero-order valence-electron chi connectivity index (χ0n) is 32.6. The van der Waals surface area contributed by atoms with Crippen LogP contribution in [-0.2, 0) is 9.59 Å². The van der Waals surface area contributed by atoms with E-state index in [0.29, 0.717) is 13.0 Å². The van der Waals surface area contributed by atoms with Gasteiger partial charge in [0.05, 0.1) is 0 Å². The van der Waals surface area contributed by atoms with Crippen LogP contribution >= 0.6 is 0 Å². The molecule has 1 aliphatic rings. The average molecular weight is 672 g/mol. The highest BCUT2D eigenvalue weighted by molar-refractivity contribution is 5.87. The van der Waals surface area contributed by atoms with Crippen molar-refractivity contribution < 1.29 is 9.59 Å². The standard InChI is InChI=1S/C43H81N3O2/c1-5-7-9-11-13-15-16-17-18-19-20-22-24-26-32-37-42(47)46(39-33-38-45(3)4)41(36-31-25-23-21-14-12-10-8-6-2)43(48)44-40-34-29-27-28-30-35-40/h13,15,17-18,40-41H,5-12,14,16,19-39H2,1-4H3,(H,44,48)/b15-13-,18-17-. The minimum Gasteiger partial charge on any atom is -0.352 e. The third-order valence-electron chi connectivity index (χ3n) is 10.1. The normalized spacial score (nSPS) is 15.0. The van der Waals surface area contributed by atoms with Gasteiger partial charge in [0.1, 0.15) is 6.04 Å². The molecule has 48 heavy (non-hydrogen) atoms. The van der Waals surface area contributed by atoms with Gasteiger partial charge >= 0.3 is 0 Å². The molecule has 1 fully saturated rings. The van der Waals surface area contributed by atoms with Crippen LogP contribution in [0.4, 0.5) is 0 Å². The fraction of sp³-hybridized carbons (Fsp3) is 0.860. The van der Waals surface area contributed by atoms with Gasteiger partial charge in [0.15, 0.2) is 0 Å². The Morgan fingerprint density at radius 1 is 0.625 bits per heavy atom. The largest absolute Gasteiger partial charge is 0.352 e. The average Bonchev–Trinajstić information content (AvgIpc) is 3.34. The Labute approximate surface area is 299 Å². The Kier molecular flexibility index (Phi) is 30.1. The van der Waals surface area contributed by atoms with E-state index in [4.69, 9.17) is 0 Å². The second-order valence-corrected chi connectivity index (χ2v) is 15.1. The van der Waals surface area contributed by atoms with E-state index in [2.05, 4.69) is 62.5 Å². The summed E-state index contributed by atoms with van der Waals surface area (Å²) in [4.78, 5) is 31.9. The van der Waals surface area contributed by atoms with Crippen LogP contribution < -0.4 is 5.32 Å². The van der Waals surface area contributed by atoms with Crippen molar-refractivity contribution in [2.24, 2.45) is 0 Å². The molecule has 1 saturated carbocycles. The molecule has 0 spiro atoms. The monoisotopic (exact) mass is 672 g/mol. The number of nitrogens with one attached hydrogen (secondary N) is 1. The molecule has 280 valence electrons. The fourth-order valence-electron chi connectivity index (χ4n) is 7.04. The number of hydrogen-bond acceptors (Lipinski definition) is 3. The van der Waals surface area contributed by atoms with Crippen molar-refractivity contribution in [1.29, 1.82) is 0 Å². The van der Waals surface area contributed by atoms with Gasteiger partial charge in [-0.2, -0.15) is 0 Å². The zero-order chi connectivity index (χ0) is 34.9. The van der Waals surface area contributed by atoms with Crippen LogP contribution in [0.25, 0.3) is 0 Å². The summed E-state index contributed by atoms with van der Waals surface area (Å²) >= 11 is 0. The lowest BCUT2D eigenvalue weighted by Crippen LogP contribution is -2.52. The maximum absolute atomic E-state index is 13.9. The quantitative estimate of drug-likeness (QED) is 0.0453. The summed E-state index contributed by atoms with van der Waals surface area (Å²) in [6.45, 7) is 6.14. The molecule has 1 rings (SSSR count). The number of allylic oxidation sites excluding steroid dienone is 4. The first-order valence-corrected chi connectivity index (χ1v) is 21.0. The van der Waals surface area contributed by atoms with Crippen molar-refractivity contribution in [2.75, 3.05) is 27.2 Å². The summed E-state index contributed by atoms with van der Waals surface area (Å²) in [5.74, 6) is 0.302. The lowest BCUT2D eigenvalue weighted by atomic mass is 10.0. The van der Waals surface area contributed by atoms with Crippen LogP contribution in [0, 0.1) is 0 Å². The fourth-order valence-corrected chi connectivity index (χ4v) is 7.04. The first-order chi connectivity index (χ1) is 23.5. The molecule has 0 saturated heterocycles. The van der Waals surface area contributed by atoms with Crippen molar-refractivity contribution in [2.45, 2.75) is 212 Å². The van der Waals surface area contributed by atoms with Crippen molar-refractivity contribution in [3.8, 4) is 0 Å². The van der Waals surface area contributed by atoms with E-state index >= 15 is 0 Å². The smallest absolute Gasteiger partial charge is 0.243 e. The molecule has 1 aliphatic carbocycles. The van der Waals surface area contributed by atoms with Gasteiger partial charge < -0.3 is 15.1 Å². The Morgan fingerprint density at radius 3 is 1.75 bits per heavy atom. The van der Waals surface area contributed by atoms with E-state index < -0.39 is 0 Å². The minimum absolute atomic E-state index is 0.111. The molecule has 5 heteroatoms. The van der Waals surface area contributed by atoms with Crippen LogP contribution in [0.3, 0.4) is 0 Å². The molecule has 0 aromatic rings. The van der Waals surface area contributed by atoms with Crippen LogP contribution in [-0.4, -0.2) is 60.9 Å². The van der Waals surface area contributed by atoms with Gasteiger partial charge in [-0.25, -0.2) is 0 Å². The highest BCUT2D eigenvalue weighted by Crippen LogP contribution is 2.21. The number of carbonyl (C=O) groups is 2. The van der Waals surface area contributed by atoms with E-state index in [9.17, 15) is 9.59 Å². The summed E-state index contributed by atoms with van der Waals surface area (Å²) in [5, 5.41) is 3.44. The predicted molar refractivity (Wildman–Crippen MR) is 210 cm³/mol. The minimum atomic E-state index is -0.328. The molecule has 0 bridgehead atoms. The van der Waals surface area contributed by atoms with Crippen molar-refractivity contribution >= 4 is 11.8 Å². The molecule has 5 nitrogen and oxygen atoms in total. The number of hydrogen-bond donors (Lipinski definition) is 1. The molecular formula is C43H81N3O2. The van der Waals surface area contributed by atoms with E-state index in [1.54, 1.807) is 0 Å². The maximum Gasteiger partial charge on any atom is 0.243 e. The van der Waals surface area contributed by atoms with Gasteiger partial charge in [0.2, 0.25) is 11.8 Å². The second-order valence-electron chi connectivity index (χ2n) is 15.1. The van der Waals surface area contributed by atoms with Gasteiger partial charge in [-0.15, -0.1) is 0 Å². The SMILES string of the molecule is CCCCC/C=C\C/C=C\CCCCCCCC(=O)N(CCCN(C)C)C(CCCCCCCCCCC)C(=O)NC1CCCCCC1.